The second kappa shape index (κ2) is 12.6. The zero-order valence-corrected chi connectivity index (χ0v) is 31.6. The lowest BCUT2D eigenvalue weighted by molar-refractivity contribution is 1.14. The van der Waals surface area contributed by atoms with Gasteiger partial charge in [-0.1, -0.05) is 152 Å². The first-order chi connectivity index (χ1) is 28.3. The summed E-state index contributed by atoms with van der Waals surface area (Å²) in [5.74, 6) is 0. The van der Waals surface area contributed by atoms with Crippen LogP contribution in [0.3, 0.4) is 0 Å². The minimum absolute atomic E-state index is 0.918. The summed E-state index contributed by atoms with van der Waals surface area (Å²) >= 11 is 1.86. The lowest BCUT2D eigenvalue weighted by Crippen LogP contribution is -2.06. The fourth-order valence-corrected chi connectivity index (χ4v) is 10.2. The highest BCUT2D eigenvalue weighted by Gasteiger charge is 2.27. The molecule has 0 aliphatic carbocycles. The van der Waals surface area contributed by atoms with E-state index in [1.165, 1.54) is 52.8 Å². The Morgan fingerprint density at radius 3 is 1.39 bits per heavy atom. The molecule has 0 fully saturated rings. The molecule has 0 N–H and O–H groups in total. The van der Waals surface area contributed by atoms with Crippen LogP contribution >= 0.6 is 11.3 Å². The quantitative estimate of drug-likeness (QED) is 0.172. The molecule has 12 rings (SSSR count). The molecule has 4 aromatic heterocycles. The number of hydrogen-bond donors (Lipinski definition) is 0. The Kier molecular flexibility index (Phi) is 7.10. The van der Waals surface area contributed by atoms with Gasteiger partial charge in [-0.25, -0.2) is 4.98 Å². The van der Waals surface area contributed by atoms with E-state index in [0.29, 0.717) is 0 Å². The van der Waals surface area contributed by atoms with Gasteiger partial charge in [-0.2, -0.15) is 0 Å². The second-order valence-corrected chi connectivity index (χ2v) is 15.8. The number of nitrogens with zero attached hydrogens (tertiary/aromatic N) is 3. The number of thiophene rings is 1. The normalized spacial score (nSPS) is 11.9. The Hall–Kier alpha value is -7.27. The van der Waals surface area contributed by atoms with Crippen LogP contribution in [-0.2, 0) is 0 Å². The Morgan fingerprint density at radius 1 is 0.351 bits per heavy atom. The largest absolute Gasteiger partial charge is 0.308 e. The van der Waals surface area contributed by atoms with Crippen molar-refractivity contribution in [3.8, 4) is 45.0 Å². The molecule has 0 bridgehead atoms. The van der Waals surface area contributed by atoms with Crippen molar-refractivity contribution in [1.82, 2.24) is 14.1 Å². The maximum absolute atomic E-state index is 5.71. The Bertz CT molecular complexity index is 3350. The fraction of sp³-hybridized carbons (Fsp3) is 0. The number of aromatic nitrogens is 3. The minimum atomic E-state index is 0.918. The van der Waals surface area contributed by atoms with E-state index in [1.807, 2.05) is 11.3 Å². The van der Waals surface area contributed by atoms with Crippen LogP contribution in [-0.4, -0.2) is 14.1 Å². The number of pyridine rings is 1. The predicted octanol–water partition coefficient (Wildman–Crippen LogP) is 14.6. The highest BCUT2D eigenvalue weighted by molar-refractivity contribution is 7.26. The van der Waals surface area contributed by atoms with Crippen molar-refractivity contribution >= 4 is 75.1 Å². The monoisotopic (exact) mass is 743 g/mol. The van der Waals surface area contributed by atoms with E-state index >= 15 is 0 Å². The number of rotatable bonds is 5. The van der Waals surface area contributed by atoms with Crippen molar-refractivity contribution < 1.29 is 0 Å². The Morgan fingerprint density at radius 2 is 0.807 bits per heavy atom. The van der Waals surface area contributed by atoms with Crippen molar-refractivity contribution in [2.24, 2.45) is 0 Å². The Balaban J connectivity index is 1.35. The molecule has 0 unspecified atom stereocenters. The fourth-order valence-electron chi connectivity index (χ4n) is 9.06. The first-order valence-electron chi connectivity index (χ1n) is 19.4. The minimum Gasteiger partial charge on any atom is -0.308 e. The second-order valence-electron chi connectivity index (χ2n) is 14.7. The highest BCUT2D eigenvalue weighted by atomic mass is 32.1. The molecular weight excluding hydrogens is 711 g/mol. The summed E-state index contributed by atoms with van der Waals surface area (Å²) in [6.45, 7) is 0. The smallest absolute Gasteiger partial charge is 0.0758 e. The van der Waals surface area contributed by atoms with Crippen LogP contribution in [0.15, 0.2) is 200 Å². The van der Waals surface area contributed by atoms with E-state index in [9.17, 15) is 0 Å². The van der Waals surface area contributed by atoms with Crippen molar-refractivity contribution in [3.05, 3.63) is 200 Å². The van der Waals surface area contributed by atoms with Gasteiger partial charge in [0.1, 0.15) is 0 Å². The summed E-state index contributed by atoms with van der Waals surface area (Å²) in [6, 6.07) is 72.5. The maximum Gasteiger partial charge on any atom is 0.0758 e. The number of fused-ring (bicyclic) bond motifs is 9. The van der Waals surface area contributed by atoms with Crippen molar-refractivity contribution in [1.29, 1.82) is 0 Å². The van der Waals surface area contributed by atoms with Crippen molar-refractivity contribution in [2.45, 2.75) is 0 Å². The third kappa shape index (κ3) is 4.88. The summed E-state index contributed by atoms with van der Waals surface area (Å²) < 4.78 is 7.50. The average Bonchev–Trinajstić information content (AvgIpc) is 3.94. The topological polar surface area (TPSA) is 22.8 Å². The highest BCUT2D eigenvalue weighted by Crippen LogP contribution is 2.49. The van der Waals surface area contributed by atoms with Crippen LogP contribution in [0.25, 0.3) is 109 Å². The van der Waals surface area contributed by atoms with Gasteiger partial charge in [-0.3, -0.25) is 0 Å². The Labute approximate surface area is 333 Å². The van der Waals surface area contributed by atoms with Gasteiger partial charge in [-0.05, 0) is 59.7 Å². The zero-order chi connectivity index (χ0) is 37.5. The van der Waals surface area contributed by atoms with Gasteiger partial charge in [0.2, 0.25) is 0 Å². The van der Waals surface area contributed by atoms with Crippen LogP contribution in [0.5, 0.6) is 0 Å². The molecule has 12 aromatic rings. The third-order valence-electron chi connectivity index (χ3n) is 11.5. The third-order valence-corrected chi connectivity index (χ3v) is 12.6. The van der Waals surface area contributed by atoms with Gasteiger partial charge in [-0.15, -0.1) is 11.3 Å². The molecule has 0 atom stereocenters. The predicted molar refractivity (Wildman–Crippen MR) is 242 cm³/mol. The molecule has 0 saturated carbocycles. The van der Waals surface area contributed by atoms with E-state index in [2.05, 4.69) is 209 Å². The molecule has 0 radical (unpaired) electrons. The van der Waals surface area contributed by atoms with E-state index in [4.69, 9.17) is 4.98 Å². The van der Waals surface area contributed by atoms with Crippen molar-refractivity contribution in [3.63, 3.8) is 0 Å². The molecule has 0 aliphatic rings. The van der Waals surface area contributed by atoms with Crippen LogP contribution in [0.1, 0.15) is 0 Å². The molecule has 4 heterocycles. The van der Waals surface area contributed by atoms with Gasteiger partial charge in [0.05, 0.1) is 44.8 Å². The summed E-state index contributed by atoms with van der Waals surface area (Å²) in [5, 5.41) is 7.38. The number of hydrogen-bond acceptors (Lipinski definition) is 2. The van der Waals surface area contributed by atoms with Crippen LogP contribution in [0.2, 0.25) is 0 Å². The summed E-state index contributed by atoms with van der Waals surface area (Å²) in [6.07, 6.45) is 0. The molecular formula is C53H33N3S. The molecule has 4 heteroatoms. The molecule has 3 nitrogen and oxygen atoms in total. The molecule has 57 heavy (non-hydrogen) atoms. The molecule has 0 aliphatic heterocycles. The average molecular weight is 744 g/mol. The summed E-state index contributed by atoms with van der Waals surface area (Å²) in [4.78, 5) is 5.71. The lowest BCUT2D eigenvalue weighted by Gasteiger charge is -2.22. The van der Waals surface area contributed by atoms with Gasteiger partial charge in [0.15, 0.2) is 0 Å². The first kappa shape index (κ1) is 32.0. The summed E-state index contributed by atoms with van der Waals surface area (Å²) in [5.41, 5.74) is 13.2. The lowest BCUT2D eigenvalue weighted by atomic mass is 9.96. The number of benzene rings is 8. The summed E-state index contributed by atoms with van der Waals surface area (Å²) in [7, 11) is 0. The molecule has 0 spiro atoms. The van der Waals surface area contributed by atoms with E-state index < -0.39 is 0 Å². The molecule has 0 amide bonds. The molecule has 8 aromatic carbocycles. The molecule has 0 saturated heterocycles. The van der Waals surface area contributed by atoms with Crippen LogP contribution in [0, 0.1) is 0 Å². The van der Waals surface area contributed by atoms with Crippen LogP contribution in [0.4, 0.5) is 0 Å². The van der Waals surface area contributed by atoms with Gasteiger partial charge in [0.25, 0.3) is 0 Å². The van der Waals surface area contributed by atoms with Gasteiger partial charge < -0.3 is 9.13 Å². The van der Waals surface area contributed by atoms with E-state index in [-0.39, 0.29) is 0 Å². The van der Waals surface area contributed by atoms with E-state index in [1.54, 1.807) is 0 Å². The maximum atomic E-state index is 5.71. The van der Waals surface area contributed by atoms with Crippen LogP contribution < -0.4 is 0 Å². The first-order valence-corrected chi connectivity index (χ1v) is 20.2. The van der Waals surface area contributed by atoms with Gasteiger partial charge >= 0.3 is 0 Å². The zero-order valence-electron chi connectivity index (χ0n) is 30.8. The van der Waals surface area contributed by atoms with Crippen molar-refractivity contribution in [2.75, 3.05) is 0 Å². The SMILES string of the molecule is c1ccc(-c2cc(-c3ccccc3)nc(-c3c(-n4c5ccccc5c5ccccc54)cc4sc5ccccc5c4c3-n3c4ccccc4c4ccccc43)c2)cc1. The van der Waals surface area contributed by atoms with E-state index in [0.717, 1.165) is 56.0 Å². The van der Waals surface area contributed by atoms with Gasteiger partial charge in [0, 0.05) is 52.8 Å². The molecule has 266 valence electrons. The number of para-hydroxylation sites is 4. The standard InChI is InChI=1S/C53H33N3S/c1-3-17-34(18-4-1)36-31-42(35-19-5-2-6-20-35)54-43(32-36)52-48(55-44-26-12-7-21-37(44)38-22-8-13-27-45(38)55)33-50-51(41-25-11-16-30-49(41)57-50)53(52)56-46-28-14-9-23-39(46)40-24-10-15-29-47(40)56/h1-33H.